The summed E-state index contributed by atoms with van der Waals surface area (Å²) in [5.74, 6) is 0.568. The Kier molecular flexibility index (Phi) is 2.81. The maximum Gasteiger partial charge on any atom is 0.0194 e. The quantitative estimate of drug-likeness (QED) is 0.766. The maximum atomic E-state index is 3.66. The van der Waals surface area contributed by atoms with Gasteiger partial charge >= 0.3 is 0 Å². The second kappa shape index (κ2) is 4.26. The van der Waals surface area contributed by atoms with Gasteiger partial charge in [0, 0.05) is 16.8 Å². The lowest BCUT2D eigenvalue weighted by molar-refractivity contribution is 0.637. The number of H-pyrrole nitrogens is 1. The largest absolute Gasteiger partial charge is 0.362 e. The van der Waals surface area contributed by atoms with Crippen LogP contribution in [-0.2, 0) is 18.3 Å². The molecular weight excluding hydrogens is 230 g/mol. The number of benzene rings is 1. The molecule has 0 aliphatic heterocycles. The van der Waals surface area contributed by atoms with Gasteiger partial charge in [-0.2, -0.15) is 0 Å². The van der Waals surface area contributed by atoms with Gasteiger partial charge in [0.25, 0.3) is 0 Å². The smallest absolute Gasteiger partial charge is 0.0194 e. The van der Waals surface area contributed by atoms with Crippen molar-refractivity contribution in [1.29, 1.82) is 0 Å². The van der Waals surface area contributed by atoms with Crippen LogP contribution in [0.15, 0.2) is 30.3 Å². The number of fused-ring (bicyclic) bond motifs is 2. The van der Waals surface area contributed by atoms with E-state index in [1.807, 2.05) is 0 Å². The first-order valence-electron chi connectivity index (χ1n) is 7.31. The summed E-state index contributed by atoms with van der Waals surface area (Å²) in [5, 5.41) is 0. The number of aryl methyl sites for hydroxylation is 2. The third-order valence-corrected chi connectivity index (χ3v) is 4.55. The average molecular weight is 253 g/mol. The van der Waals surface area contributed by atoms with Crippen molar-refractivity contribution in [2.45, 2.75) is 51.9 Å². The number of aromatic nitrogens is 1. The number of rotatable bonds is 1. The molecule has 1 heterocycles. The molecule has 0 atom stereocenters. The van der Waals surface area contributed by atoms with Gasteiger partial charge in [-0.15, -0.1) is 0 Å². The molecule has 0 bridgehead atoms. The van der Waals surface area contributed by atoms with Crippen LogP contribution in [0.2, 0.25) is 0 Å². The summed E-state index contributed by atoms with van der Waals surface area (Å²) in [5.41, 5.74) is 7.39. The van der Waals surface area contributed by atoms with Crippen molar-refractivity contribution in [3.63, 3.8) is 0 Å². The van der Waals surface area contributed by atoms with Gasteiger partial charge in [-0.1, -0.05) is 52.0 Å². The molecule has 0 spiro atoms. The zero-order chi connectivity index (χ0) is 13.6. The van der Waals surface area contributed by atoms with E-state index in [2.05, 4.69) is 63.0 Å². The molecule has 1 aromatic heterocycles. The van der Waals surface area contributed by atoms with Crippen LogP contribution >= 0.6 is 0 Å². The molecule has 1 aromatic carbocycles. The Morgan fingerprint density at radius 2 is 1.79 bits per heavy atom. The number of hydrogen-bond acceptors (Lipinski definition) is 0. The van der Waals surface area contributed by atoms with E-state index in [-0.39, 0.29) is 5.41 Å². The molecule has 100 valence electrons. The molecule has 0 saturated carbocycles. The summed E-state index contributed by atoms with van der Waals surface area (Å²) in [6.07, 6.45) is 2.27. The highest BCUT2D eigenvalue weighted by Crippen LogP contribution is 2.40. The molecule has 0 fully saturated rings. The van der Waals surface area contributed by atoms with E-state index in [1.54, 1.807) is 0 Å². The van der Waals surface area contributed by atoms with Crippen molar-refractivity contribution in [2.75, 3.05) is 0 Å². The van der Waals surface area contributed by atoms with Crippen molar-refractivity contribution in [1.82, 2.24) is 4.98 Å². The lowest BCUT2D eigenvalue weighted by Crippen LogP contribution is -2.19. The van der Waals surface area contributed by atoms with E-state index in [4.69, 9.17) is 0 Å². The summed E-state index contributed by atoms with van der Waals surface area (Å²) in [6.45, 7) is 9.22. The minimum absolute atomic E-state index is 0.103. The van der Waals surface area contributed by atoms with Gasteiger partial charge in [0.05, 0.1) is 0 Å². The van der Waals surface area contributed by atoms with Crippen LogP contribution in [0, 0.1) is 0 Å². The summed E-state index contributed by atoms with van der Waals surface area (Å²) in [6, 6.07) is 11.3. The lowest BCUT2D eigenvalue weighted by atomic mass is 9.77. The van der Waals surface area contributed by atoms with Crippen LogP contribution in [0.1, 0.15) is 61.7 Å². The minimum Gasteiger partial charge on any atom is -0.362 e. The van der Waals surface area contributed by atoms with Crippen molar-refractivity contribution in [3.8, 4) is 0 Å². The van der Waals surface area contributed by atoms with E-state index in [9.17, 15) is 0 Å². The van der Waals surface area contributed by atoms with Crippen LogP contribution in [0.3, 0.4) is 0 Å². The van der Waals surface area contributed by atoms with Gasteiger partial charge in [0.15, 0.2) is 0 Å². The van der Waals surface area contributed by atoms with Crippen LogP contribution < -0.4 is 0 Å². The molecule has 0 saturated heterocycles. The van der Waals surface area contributed by atoms with E-state index < -0.39 is 0 Å². The third-order valence-electron chi connectivity index (χ3n) is 4.55. The molecule has 0 radical (unpaired) electrons. The molecule has 3 rings (SSSR count). The Morgan fingerprint density at radius 3 is 2.53 bits per heavy atom. The van der Waals surface area contributed by atoms with Crippen molar-refractivity contribution in [3.05, 3.63) is 58.4 Å². The Labute approximate surface area is 116 Å². The minimum atomic E-state index is 0.103. The molecule has 1 aliphatic carbocycles. The maximum absolute atomic E-state index is 3.66. The second-order valence-electron chi connectivity index (χ2n) is 6.55. The Hall–Kier alpha value is -1.50. The number of nitrogens with one attached hydrogen (secondary N) is 1. The SMILES string of the molecule is CC(C)c1cc2c([nH]1)CCc1ccccc1C2(C)C. The van der Waals surface area contributed by atoms with Gasteiger partial charge in [0.2, 0.25) is 0 Å². The van der Waals surface area contributed by atoms with Crippen LogP contribution in [0.5, 0.6) is 0 Å². The van der Waals surface area contributed by atoms with Crippen molar-refractivity contribution in [2.24, 2.45) is 0 Å². The summed E-state index contributed by atoms with van der Waals surface area (Å²) < 4.78 is 0. The molecule has 0 unspecified atom stereocenters. The topological polar surface area (TPSA) is 15.8 Å². The standard InChI is InChI=1S/C18H23N/c1-12(2)17-11-15-16(19-17)10-9-13-7-5-6-8-14(13)18(15,3)4/h5-8,11-12,19H,9-10H2,1-4H3. The zero-order valence-corrected chi connectivity index (χ0v) is 12.4. The average Bonchev–Trinajstić information content (AvgIpc) is 2.78. The highest BCUT2D eigenvalue weighted by atomic mass is 14.7. The zero-order valence-electron chi connectivity index (χ0n) is 12.4. The van der Waals surface area contributed by atoms with Crippen LogP contribution in [-0.4, -0.2) is 4.98 Å². The van der Waals surface area contributed by atoms with Crippen LogP contribution in [0.25, 0.3) is 0 Å². The Morgan fingerprint density at radius 1 is 1.05 bits per heavy atom. The lowest BCUT2D eigenvalue weighted by Gasteiger charge is -2.26. The molecule has 1 nitrogen and oxygen atoms in total. The van der Waals surface area contributed by atoms with Crippen molar-refractivity contribution < 1.29 is 0 Å². The summed E-state index contributed by atoms with van der Waals surface area (Å²) >= 11 is 0. The van der Waals surface area contributed by atoms with Gasteiger partial charge in [0.1, 0.15) is 0 Å². The normalized spacial score (nSPS) is 16.9. The van der Waals surface area contributed by atoms with E-state index in [0.29, 0.717) is 5.92 Å². The van der Waals surface area contributed by atoms with Crippen molar-refractivity contribution >= 4 is 0 Å². The first-order chi connectivity index (χ1) is 9.00. The molecule has 1 N–H and O–H groups in total. The van der Waals surface area contributed by atoms with Gasteiger partial charge in [-0.25, -0.2) is 0 Å². The number of hydrogen-bond donors (Lipinski definition) is 1. The second-order valence-corrected chi connectivity index (χ2v) is 6.55. The third kappa shape index (κ3) is 1.92. The predicted molar refractivity (Wildman–Crippen MR) is 80.9 cm³/mol. The fourth-order valence-electron chi connectivity index (χ4n) is 3.34. The van der Waals surface area contributed by atoms with Crippen LogP contribution in [0.4, 0.5) is 0 Å². The molecule has 19 heavy (non-hydrogen) atoms. The summed E-state index contributed by atoms with van der Waals surface area (Å²) in [7, 11) is 0. The first-order valence-corrected chi connectivity index (χ1v) is 7.31. The Bertz CT molecular complexity index is 602. The highest BCUT2D eigenvalue weighted by Gasteiger charge is 2.32. The number of aromatic amines is 1. The fourth-order valence-corrected chi connectivity index (χ4v) is 3.34. The monoisotopic (exact) mass is 253 g/mol. The highest BCUT2D eigenvalue weighted by molar-refractivity contribution is 5.48. The summed E-state index contributed by atoms with van der Waals surface area (Å²) in [4.78, 5) is 3.66. The first kappa shape index (κ1) is 12.5. The van der Waals surface area contributed by atoms with Gasteiger partial charge < -0.3 is 4.98 Å². The molecule has 0 amide bonds. The predicted octanol–water partition coefficient (Wildman–Crippen LogP) is 4.56. The fraction of sp³-hybridized carbons (Fsp3) is 0.444. The van der Waals surface area contributed by atoms with Gasteiger partial charge in [-0.05, 0) is 41.5 Å². The molecular formula is C18H23N. The van der Waals surface area contributed by atoms with E-state index >= 15 is 0 Å². The van der Waals surface area contributed by atoms with Gasteiger partial charge in [-0.3, -0.25) is 0 Å². The van der Waals surface area contributed by atoms with E-state index in [1.165, 1.54) is 28.1 Å². The van der Waals surface area contributed by atoms with E-state index in [0.717, 1.165) is 12.8 Å². The molecule has 1 heteroatoms. The molecule has 2 aromatic rings. The Balaban J connectivity index is 2.18. The molecule has 1 aliphatic rings.